The molecule has 2 saturated heterocycles. The summed E-state index contributed by atoms with van der Waals surface area (Å²) in [5, 5.41) is 0.568. The Kier molecular flexibility index (Phi) is 4.62. The standard InChI is InChI=1S/C7H11N3O6S.Na/c8-6(11)5-2-1-4-3-9(5)7(12)10(4)16-17(13,14)15;/h4-5H,1-3H2,(H2,8,11)(H,13,14,15);/t4-,5-;/m1./s1. The van der Waals surface area contributed by atoms with Crippen LogP contribution >= 0.6 is 0 Å². The van der Waals surface area contributed by atoms with Gasteiger partial charge in [0.2, 0.25) is 5.91 Å². The molecule has 18 heavy (non-hydrogen) atoms. The van der Waals surface area contributed by atoms with Gasteiger partial charge in [0, 0.05) is 36.1 Å². The maximum atomic E-state index is 11.7. The molecule has 2 atom stereocenters. The summed E-state index contributed by atoms with van der Waals surface area (Å²) in [5.41, 5.74) is 5.13. The second kappa shape index (κ2) is 5.31. The number of primary amides is 1. The number of nitrogens with two attached hydrogens (primary N) is 1. The number of urea groups is 1. The van der Waals surface area contributed by atoms with E-state index in [1.54, 1.807) is 0 Å². The zero-order valence-corrected chi connectivity index (χ0v) is 12.5. The van der Waals surface area contributed by atoms with Crippen LogP contribution in [-0.2, 0) is 19.5 Å². The minimum atomic E-state index is -4.75. The number of hydroxylamine groups is 2. The smallest absolute Gasteiger partial charge is 0.368 e. The molecule has 1 radical (unpaired) electrons. The first-order chi connectivity index (χ1) is 7.79. The van der Waals surface area contributed by atoms with Crippen molar-refractivity contribution >= 4 is 51.9 Å². The van der Waals surface area contributed by atoms with E-state index < -0.39 is 34.4 Å². The molecule has 3 amide bonds. The van der Waals surface area contributed by atoms with E-state index >= 15 is 0 Å². The minimum Gasteiger partial charge on any atom is -0.368 e. The van der Waals surface area contributed by atoms with Crippen LogP contribution in [0.25, 0.3) is 0 Å². The van der Waals surface area contributed by atoms with E-state index in [0.29, 0.717) is 17.9 Å². The second-order valence-electron chi connectivity index (χ2n) is 3.91. The van der Waals surface area contributed by atoms with Gasteiger partial charge < -0.3 is 10.6 Å². The molecule has 2 rings (SSSR count). The number of amides is 3. The molecule has 97 valence electrons. The summed E-state index contributed by atoms with van der Waals surface area (Å²) >= 11 is 0. The summed E-state index contributed by atoms with van der Waals surface area (Å²) in [6.45, 7) is 0.155. The van der Waals surface area contributed by atoms with Gasteiger partial charge in [-0.1, -0.05) is 0 Å². The van der Waals surface area contributed by atoms with Crippen LogP contribution in [0.15, 0.2) is 0 Å². The number of rotatable bonds is 3. The Morgan fingerprint density at radius 3 is 2.56 bits per heavy atom. The van der Waals surface area contributed by atoms with Crippen LogP contribution in [0.4, 0.5) is 4.79 Å². The summed E-state index contributed by atoms with van der Waals surface area (Å²) in [6.07, 6.45) is 0.725. The number of carbonyl (C=O) groups excluding carboxylic acids is 2. The molecule has 0 unspecified atom stereocenters. The molecule has 0 spiro atoms. The average Bonchev–Trinajstić information content (AvgIpc) is 2.42. The Labute approximate surface area is 125 Å². The third-order valence-corrected chi connectivity index (χ3v) is 3.17. The molecular formula is C7H11N3NaO6S. The molecule has 2 bridgehead atoms. The average molecular weight is 288 g/mol. The van der Waals surface area contributed by atoms with Crippen molar-refractivity contribution in [1.82, 2.24) is 9.96 Å². The molecule has 11 heteroatoms. The van der Waals surface area contributed by atoms with Crippen LogP contribution in [0, 0.1) is 0 Å². The van der Waals surface area contributed by atoms with Crippen molar-refractivity contribution in [1.29, 1.82) is 0 Å². The number of carbonyl (C=O) groups is 2. The molecule has 3 N–H and O–H groups in total. The van der Waals surface area contributed by atoms with Crippen LogP contribution in [0.5, 0.6) is 0 Å². The van der Waals surface area contributed by atoms with Crippen LogP contribution in [0.1, 0.15) is 12.8 Å². The molecule has 0 aromatic carbocycles. The Morgan fingerprint density at radius 2 is 2.06 bits per heavy atom. The predicted octanol–water partition coefficient (Wildman–Crippen LogP) is -1.91. The molecule has 0 aromatic heterocycles. The summed E-state index contributed by atoms with van der Waals surface area (Å²) in [7, 11) is -4.75. The number of hydrogen-bond donors (Lipinski definition) is 2. The Balaban J connectivity index is 0.00000162. The number of hydrogen-bond acceptors (Lipinski definition) is 5. The van der Waals surface area contributed by atoms with Crippen molar-refractivity contribution in [2.45, 2.75) is 24.9 Å². The van der Waals surface area contributed by atoms with E-state index in [4.69, 9.17) is 10.3 Å². The fourth-order valence-electron chi connectivity index (χ4n) is 2.13. The van der Waals surface area contributed by atoms with Crippen molar-refractivity contribution in [2.75, 3.05) is 6.54 Å². The summed E-state index contributed by atoms with van der Waals surface area (Å²) in [4.78, 5) is 23.9. The first-order valence-electron chi connectivity index (χ1n) is 4.86. The van der Waals surface area contributed by atoms with Crippen molar-refractivity contribution in [2.24, 2.45) is 5.73 Å². The van der Waals surface area contributed by atoms with Gasteiger partial charge in [-0.25, -0.2) is 4.79 Å². The van der Waals surface area contributed by atoms with E-state index in [1.165, 1.54) is 0 Å². The van der Waals surface area contributed by atoms with Crippen molar-refractivity contribution in [3.63, 3.8) is 0 Å². The summed E-state index contributed by atoms with van der Waals surface area (Å²) < 4.78 is 33.8. The van der Waals surface area contributed by atoms with Gasteiger partial charge in [0.1, 0.15) is 6.04 Å². The second-order valence-corrected chi connectivity index (χ2v) is 4.92. The molecule has 0 aromatic rings. The van der Waals surface area contributed by atoms with E-state index in [0.717, 1.165) is 4.90 Å². The van der Waals surface area contributed by atoms with Crippen molar-refractivity contribution in [3.8, 4) is 0 Å². The van der Waals surface area contributed by atoms with Crippen LogP contribution < -0.4 is 5.73 Å². The first-order valence-corrected chi connectivity index (χ1v) is 6.22. The zero-order valence-electron chi connectivity index (χ0n) is 9.64. The topological polar surface area (TPSA) is 130 Å². The SMILES string of the molecule is NC(=O)[C@H]1CC[C@@H]2CN1C(=O)N2OS(=O)(=O)O.[Na]. The van der Waals surface area contributed by atoms with Gasteiger partial charge in [-0.2, -0.15) is 13.5 Å². The molecule has 2 aliphatic heterocycles. The van der Waals surface area contributed by atoms with Gasteiger partial charge in [0.05, 0.1) is 6.04 Å². The maximum absolute atomic E-state index is 11.7. The fraction of sp³-hybridized carbons (Fsp3) is 0.714. The Bertz CT molecular complexity index is 468. The van der Waals surface area contributed by atoms with E-state index in [-0.39, 0.29) is 36.1 Å². The van der Waals surface area contributed by atoms with Crippen LogP contribution in [-0.4, -0.2) is 83.1 Å². The third-order valence-electron chi connectivity index (χ3n) is 2.83. The predicted molar refractivity (Wildman–Crippen MR) is 58.3 cm³/mol. The molecule has 2 aliphatic rings. The molecule has 0 saturated carbocycles. The normalized spacial score (nSPS) is 27.1. The molecule has 2 fully saturated rings. The Hall–Kier alpha value is -0.390. The van der Waals surface area contributed by atoms with Gasteiger partial charge in [0.15, 0.2) is 0 Å². The van der Waals surface area contributed by atoms with Crippen LogP contribution in [0.3, 0.4) is 0 Å². The number of nitrogens with zero attached hydrogens (tertiary/aromatic N) is 2. The van der Waals surface area contributed by atoms with Gasteiger partial charge in [-0.3, -0.25) is 9.35 Å². The van der Waals surface area contributed by atoms with Gasteiger partial charge in [0.25, 0.3) is 0 Å². The van der Waals surface area contributed by atoms with Gasteiger partial charge in [-0.15, -0.1) is 4.28 Å². The van der Waals surface area contributed by atoms with E-state index in [9.17, 15) is 18.0 Å². The molecule has 2 heterocycles. The summed E-state index contributed by atoms with van der Waals surface area (Å²) in [6, 6.07) is -2.04. The molecule has 9 nitrogen and oxygen atoms in total. The molecule has 0 aliphatic carbocycles. The first kappa shape index (κ1) is 15.7. The largest absolute Gasteiger partial charge is 0.418 e. The Morgan fingerprint density at radius 1 is 1.44 bits per heavy atom. The van der Waals surface area contributed by atoms with Crippen LogP contribution in [0.2, 0.25) is 0 Å². The fourth-order valence-corrected chi connectivity index (χ4v) is 2.52. The van der Waals surface area contributed by atoms with Gasteiger partial charge >= 0.3 is 16.4 Å². The zero-order chi connectivity index (χ0) is 12.8. The maximum Gasteiger partial charge on any atom is 0.418 e. The van der Waals surface area contributed by atoms with E-state index in [1.807, 2.05) is 0 Å². The monoisotopic (exact) mass is 288 g/mol. The molecular weight excluding hydrogens is 277 g/mol. The number of fused-ring (bicyclic) bond motifs is 2. The quantitative estimate of drug-likeness (QED) is 0.460. The van der Waals surface area contributed by atoms with Gasteiger partial charge in [-0.05, 0) is 12.8 Å². The van der Waals surface area contributed by atoms with Crippen molar-refractivity contribution in [3.05, 3.63) is 0 Å². The third kappa shape index (κ3) is 2.95. The summed E-state index contributed by atoms with van der Waals surface area (Å²) in [5.74, 6) is -0.648. The number of piperidine rings is 1. The van der Waals surface area contributed by atoms with E-state index in [2.05, 4.69) is 4.28 Å². The van der Waals surface area contributed by atoms with Crippen molar-refractivity contribution < 1.29 is 26.8 Å². The minimum absolute atomic E-state index is 0.